The first-order valence-corrected chi connectivity index (χ1v) is 8.85. The van der Waals surface area contributed by atoms with Gasteiger partial charge in [0, 0.05) is 13.1 Å². The zero-order valence-electron chi connectivity index (χ0n) is 14.7. The molecule has 138 valence electrons. The highest BCUT2D eigenvalue weighted by Crippen LogP contribution is 2.26. The summed E-state index contributed by atoms with van der Waals surface area (Å²) in [7, 11) is 0. The fourth-order valence-electron chi connectivity index (χ4n) is 3.33. The molecule has 1 saturated heterocycles. The number of carbonyl (C=O) groups excluding carboxylic acids is 1. The number of ether oxygens (including phenoxy) is 1. The van der Waals surface area contributed by atoms with E-state index in [9.17, 15) is 19.8 Å². The molecule has 6 nitrogen and oxygen atoms in total. The number of benzene rings is 1. The Hall–Kier alpha value is -1.92. The molecule has 0 bridgehead atoms. The SMILES string of the molecule is CCOC(=O)C(O)(CCC1CCCN(Cc2ccccc2)C1)C(=O)O. The van der Waals surface area contributed by atoms with Crippen molar-refractivity contribution in [2.45, 2.75) is 44.8 Å². The van der Waals surface area contributed by atoms with Crippen molar-refractivity contribution in [3.63, 3.8) is 0 Å². The number of likely N-dealkylation sites (tertiary alicyclic amines) is 1. The molecule has 1 aliphatic heterocycles. The first-order valence-electron chi connectivity index (χ1n) is 8.85. The second-order valence-corrected chi connectivity index (χ2v) is 6.65. The maximum atomic E-state index is 11.8. The highest BCUT2D eigenvalue weighted by Gasteiger charge is 2.46. The van der Waals surface area contributed by atoms with Crippen LogP contribution in [0.15, 0.2) is 30.3 Å². The van der Waals surface area contributed by atoms with Crippen molar-refractivity contribution < 1.29 is 24.5 Å². The molecular weight excluding hydrogens is 322 g/mol. The predicted octanol–water partition coefficient (Wildman–Crippen LogP) is 2.06. The second-order valence-electron chi connectivity index (χ2n) is 6.65. The van der Waals surface area contributed by atoms with Crippen molar-refractivity contribution in [1.82, 2.24) is 4.90 Å². The number of rotatable bonds is 8. The molecule has 25 heavy (non-hydrogen) atoms. The first-order chi connectivity index (χ1) is 12.0. The third kappa shape index (κ3) is 5.28. The Morgan fingerprint density at radius 3 is 2.68 bits per heavy atom. The van der Waals surface area contributed by atoms with E-state index < -0.39 is 17.5 Å². The standard InChI is InChI=1S/C19H27NO5/c1-2-25-18(23)19(24,17(21)22)11-10-16-9-6-12-20(14-16)13-15-7-4-3-5-8-15/h3-5,7-8,16,24H,2,6,9-14H2,1H3,(H,21,22). The van der Waals surface area contributed by atoms with Crippen LogP contribution in [0.2, 0.25) is 0 Å². The van der Waals surface area contributed by atoms with E-state index in [1.54, 1.807) is 6.92 Å². The Bertz CT molecular complexity index is 576. The number of hydrogen-bond donors (Lipinski definition) is 2. The quantitative estimate of drug-likeness (QED) is 0.552. The molecule has 0 spiro atoms. The minimum absolute atomic E-state index is 0.0444. The van der Waals surface area contributed by atoms with Crippen LogP contribution < -0.4 is 0 Å². The van der Waals surface area contributed by atoms with E-state index >= 15 is 0 Å². The monoisotopic (exact) mass is 349 g/mol. The molecule has 0 aliphatic carbocycles. The fourth-order valence-corrected chi connectivity index (χ4v) is 3.33. The molecule has 2 N–H and O–H groups in total. The van der Waals surface area contributed by atoms with E-state index in [0.717, 1.165) is 32.5 Å². The zero-order chi connectivity index (χ0) is 18.3. The molecule has 0 saturated carbocycles. The molecule has 2 rings (SSSR count). The smallest absolute Gasteiger partial charge is 0.350 e. The normalized spacial score (nSPS) is 20.6. The molecule has 0 radical (unpaired) electrons. The molecule has 0 aromatic heterocycles. The van der Waals surface area contributed by atoms with Gasteiger partial charge in [-0.3, -0.25) is 4.90 Å². The van der Waals surface area contributed by atoms with Crippen LogP contribution in [0.3, 0.4) is 0 Å². The van der Waals surface area contributed by atoms with Gasteiger partial charge in [0.1, 0.15) is 0 Å². The van der Waals surface area contributed by atoms with E-state index in [1.807, 2.05) is 18.2 Å². The van der Waals surface area contributed by atoms with Crippen LogP contribution in [0.4, 0.5) is 0 Å². The average molecular weight is 349 g/mol. The average Bonchev–Trinajstić information content (AvgIpc) is 2.61. The first kappa shape index (κ1) is 19.4. The number of piperidine rings is 1. The fraction of sp³-hybridized carbons (Fsp3) is 0.579. The van der Waals surface area contributed by atoms with E-state index in [0.29, 0.717) is 6.42 Å². The van der Waals surface area contributed by atoms with Crippen molar-refractivity contribution >= 4 is 11.9 Å². The molecule has 2 atom stereocenters. The van der Waals surface area contributed by atoms with Gasteiger partial charge in [0.05, 0.1) is 6.61 Å². The van der Waals surface area contributed by atoms with Crippen molar-refractivity contribution in [3.8, 4) is 0 Å². The zero-order valence-corrected chi connectivity index (χ0v) is 14.7. The maximum Gasteiger partial charge on any atom is 0.350 e. The van der Waals surface area contributed by atoms with Crippen LogP contribution in [-0.2, 0) is 20.9 Å². The van der Waals surface area contributed by atoms with E-state index in [-0.39, 0.29) is 18.9 Å². The number of carboxylic acids is 1. The summed E-state index contributed by atoms with van der Waals surface area (Å²) in [6.07, 6.45) is 2.37. The van der Waals surface area contributed by atoms with Crippen molar-refractivity contribution in [1.29, 1.82) is 0 Å². The van der Waals surface area contributed by atoms with Gasteiger partial charge in [0.15, 0.2) is 0 Å². The molecule has 1 aromatic carbocycles. The summed E-state index contributed by atoms with van der Waals surface area (Å²) in [5.74, 6) is -2.35. The highest BCUT2D eigenvalue weighted by atomic mass is 16.6. The van der Waals surface area contributed by atoms with E-state index in [2.05, 4.69) is 17.0 Å². The van der Waals surface area contributed by atoms with Gasteiger partial charge in [-0.1, -0.05) is 30.3 Å². The van der Waals surface area contributed by atoms with Gasteiger partial charge >= 0.3 is 11.9 Å². The van der Waals surface area contributed by atoms with Crippen LogP contribution in [0.5, 0.6) is 0 Å². The summed E-state index contributed by atoms with van der Waals surface area (Å²) >= 11 is 0. The number of esters is 1. The van der Waals surface area contributed by atoms with Gasteiger partial charge in [-0.2, -0.15) is 0 Å². The maximum absolute atomic E-state index is 11.8. The number of carbonyl (C=O) groups is 2. The molecule has 1 heterocycles. The summed E-state index contributed by atoms with van der Waals surface area (Å²) in [6.45, 7) is 4.34. The van der Waals surface area contributed by atoms with Crippen LogP contribution >= 0.6 is 0 Å². The Balaban J connectivity index is 1.90. The van der Waals surface area contributed by atoms with Crippen molar-refractivity contribution in [3.05, 3.63) is 35.9 Å². The molecule has 6 heteroatoms. The Morgan fingerprint density at radius 2 is 2.04 bits per heavy atom. The number of aliphatic carboxylic acids is 1. The minimum Gasteiger partial charge on any atom is -0.479 e. The van der Waals surface area contributed by atoms with Gasteiger partial charge in [-0.15, -0.1) is 0 Å². The van der Waals surface area contributed by atoms with Gasteiger partial charge in [-0.05, 0) is 50.6 Å². The predicted molar refractivity (Wildman–Crippen MR) is 92.9 cm³/mol. The third-order valence-electron chi connectivity index (χ3n) is 4.73. The lowest BCUT2D eigenvalue weighted by Gasteiger charge is -2.33. The number of aliphatic hydroxyl groups is 1. The van der Waals surface area contributed by atoms with Crippen LogP contribution in [0, 0.1) is 5.92 Å². The third-order valence-corrected chi connectivity index (χ3v) is 4.73. The number of nitrogens with zero attached hydrogens (tertiary/aromatic N) is 1. The molecule has 0 amide bonds. The summed E-state index contributed by atoms with van der Waals surface area (Å²) in [4.78, 5) is 25.5. The van der Waals surface area contributed by atoms with Crippen LogP contribution in [0.25, 0.3) is 0 Å². The molecule has 1 fully saturated rings. The summed E-state index contributed by atoms with van der Waals surface area (Å²) in [6, 6.07) is 10.2. The molecule has 1 aliphatic rings. The van der Waals surface area contributed by atoms with Crippen LogP contribution in [-0.4, -0.2) is 52.3 Å². The second kappa shape index (κ2) is 8.97. The van der Waals surface area contributed by atoms with E-state index in [4.69, 9.17) is 4.74 Å². The molecule has 1 aromatic rings. The van der Waals surface area contributed by atoms with Gasteiger partial charge in [-0.25, -0.2) is 9.59 Å². The van der Waals surface area contributed by atoms with Gasteiger partial charge in [0.25, 0.3) is 5.60 Å². The van der Waals surface area contributed by atoms with Crippen LogP contribution in [0.1, 0.15) is 38.2 Å². The van der Waals surface area contributed by atoms with E-state index in [1.165, 1.54) is 5.56 Å². The van der Waals surface area contributed by atoms with Crippen molar-refractivity contribution in [2.75, 3.05) is 19.7 Å². The lowest BCUT2D eigenvalue weighted by molar-refractivity contribution is -0.181. The Morgan fingerprint density at radius 1 is 1.32 bits per heavy atom. The lowest BCUT2D eigenvalue weighted by Crippen LogP contribution is -2.48. The topological polar surface area (TPSA) is 87.1 Å². The highest BCUT2D eigenvalue weighted by molar-refractivity contribution is 6.02. The van der Waals surface area contributed by atoms with Gasteiger partial charge in [0.2, 0.25) is 0 Å². The molecule has 2 unspecified atom stereocenters. The Kier molecular flexibility index (Phi) is 6.96. The summed E-state index contributed by atoms with van der Waals surface area (Å²) in [5.41, 5.74) is -1.20. The number of hydrogen-bond acceptors (Lipinski definition) is 5. The Labute approximate surface area is 148 Å². The summed E-state index contributed by atoms with van der Waals surface area (Å²) in [5, 5.41) is 19.5. The minimum atomic E-state index is -2.45. The lowest BCUT2D eigenvalue weighted by atomic mass is 9.87. The molecular formula is C19H27NO5. The summed E-state index contributed by atoms with van der Waals surface area (Å²) < 4.78 is 4.73. The van der Waals surface area contributed by atoms with Gasteiger partial charge < -0.3 is 14.9 Å². The van der Waals surface area contributed by atoms with Crippen molar-refractivity contribution in [2.24, 2.45) is 5.92 Å². The number of carboxylic acid groups (broad SMARTS) is 1. The largest absolute Gasteiger partial charge is 0.479 e.